The van der Waals surface area contributed by atoms with E-state index in [4.69, 9.17) is 0 Å². The van der Waals surface area contributed by atoms with E-state index in [9.17, 15) is 24.0 Å². The van der Waals surface area contributed by atoms with Crippen molar-refractivity contribution >= 4 is 29.9 Å². The molecule has 2 aromatic rings. The monoisotopic (exact) mass is 580 g/mol. The van der Waals surface area contributed by atoms with E-state index in [1.807, 2.05) is 10.6 Å². The van der Waals surface area contributed by atoms with Gasteiger partial charge in [-0.15, -0.1) is 0 Å². The molecule has 11 nitrogen and oxygen atoms in total. The summed E-state index contributed by atoms with van der Waals surface area (Å²) in [4.78, 5) is 66.3. The van der Waals surface area contributed by atoms with Gasteiger partial charge in [-0.1, -0.05) is 56.0 Å². The Morgan fingerprint density at radius 3 is 2.50 bits per heavy atom. The summed E-state index contributed by atoms with van der Waals surface area (Å²) in [5.74, 6) is -1.61. The van der Waals surface area contributed by atoms with Gasteiger partial charge in [0.1, 0.15) is 18.4 Å². The number of aldehydes is 1. The van der Waals surface area contributed by atoms with Crippen molar-refractivity contribution in [2.75, 3.05) is 19.6 Å². The minimum Gasteiger partial charge on any atom is -0.348 e. The van der Waals surface area contributed by atoms with Gasteiger partial charge in [0.15, 0.2) is 0 Å². The summed E-state index contributed by atoms with van der Waals surface area (Å²) >= 11 is 0. The van der Waals surface area contributed by atoms with E-state index in [-0.39, 0.29) is 25.4 Å². The number of unbranched alkanes of at least 4 members (excludes halogenated alkanes) is 5. The van der Waals surface area contributed by atoms with Crippen molar-refractivity contribution in [3.8, 4) is 0 Å². The molecule has 228 valence electrons. The number of aryl methyl sites for hydroxylation is 2. The van der Waals surface area contributed by atoms with Gasteiger partial charge in [0.05, 0.1) is 19.4 Å². The molecule has 3 rings (SSSR count). The lowest BCUT2D eigenvalue weighted by Gasteiger charge is -2.23. The van der Waals surface area contributed by atoms with Crippen molar-refractivity contribution in [2.24, 2.45) is 0 Å². The van der Waals surface area contributed by atoms with Crippen LogP contribution in [0.4, 0.5) is 0 Å². The Hall–Kier alpha value is -4.02. The first-order valence-corrected chi connectivity index (χ1v) is 15.0. The van der Waals surface area contributed by atoms with Crippen molar-refractivity contribution in [3.05, 3.63) is 54.1 Å². The third-order valence-corrected chi connectivity index (χ3v) is 7.56. The Morgan fingerprint density at radius 1 is 1.02 bits per heavy atom. The van der Waals surface area contributed by atoms with Gasteiger partial charge < -0.3 is 30.2 Å². The number of nitrogens with one attached hydrogen (secondary N) is 3. The molecule has 0 radical (unpaired) electrons. The SMILES string of the molecule is CC(=O)N1CCCC1C(=O)NCC(=O)NC(Cc1cncn1CCCCCCCCc1ccccc1)C(=O)NCC=O. The third-order valence-electron chi connectivity index (χ3n) is 7.56. The molecule has 1 aromatic heterocycles. The van der Waals surface area contributed by atoms with E-state index in [2.05, 4.69) is 45.2 Å². The smallest absolute Gasteiger partial charge is 0.243 e. The van der Waals surface area contributed by atoms with Gasteiger partial charge in [-0.2, -0.15) is 0 Å². The summed E-state index contributed by atoms with van der Waals surface area (Å²) in [7, 11) is 0. The molecule has 1 aliphatic rings. The second kappa shape index (κ2) is 17.7. The predicted molar refractivity (Wildman–Crippen MR) is 158 cm³/mol. The molecule has 1 fully saturated rings. The number of nitrogens with zero attached hydrogens (tertiary/aromatic N) is 3. The maximum Gasteiger partial charge on any atom is 0.243 e. The number of aromatic nitrogens is 2. The molecule has 1 saturated heterocycles. The Bertz CT molecular complexity index is 1170. The molecule has 2 unspecified atom stereocenters. The van der Waals surface area contributed by atoms with Crippen LogP contribution in [0.15, 0.2) is 42.9 Å². The fourth-order valence-electron chi connectivity index (χ4n) is 5.31. The zero-order valence-corrected chi connectivity index (χ0v) is 24.6. The van der Waals surface area contributed by atoms with E-state index < -0.39 is 29.8 Å². The second-order valence-corrected chi connectivity index (χ2v) is 10.8. The van der Waals surface area contributed by atoms with Gasteiger partial charge >= 0.3 is 0 Å². The Balaban J connectivity index is 1.43. The molecular formula is C31H44N6O5. The fourth-order valence-corrected chi connectivity index (χ4v) is 5.31. The van der Waals surface area contributed by atoms with Gasteiger partial charge in [-0.25, -0.2) is 4.98 Å². The molecule has 3 N–H and O–H groups in total. The maximum absolute atomic E-state index is 12.8. The number of likely N-dealkylation sites (tertiary alicyclic amines) is 1. The van der Waals surface area contributed by atoms with Gasteiger partial charge in [-0.05, 0) is 37.7 Å². The fraction of sp³-hybridized carbons (Fsp3) is 0.548. The van der Waals surface area contributed by atoms with Crippen LogP contribution in [-0.4, -0.2) is 76.1 Å². The highest BCUT2D eigenvalue weighted by Gasteiger charge is 2.32. The third kappa shape index (κ3) is 10.8. The number of benzene rings is 1. The first-order chi connectivity index (χ1) is 20.4. The van der Waals surface area contributed by atoms with E-state index >= 15 is 0 Å². The van der Waals surface area contributed by atoms with Crippen LogP contribution in [0, 0.1) is 0 Å². The zero-order valence-electron chi connectivity index (χ0n) is 24.6. The lowest BCUT2D eigenvalue weighted by Crippen LogP contribution is -2.52. The van der Waals surface area contributed by atoms with Crippen LogP contribution >= 0.6 is 0 Å². The topological polar surface area (TPSA) is 142 Å². The largest absolute Gasteiger partial charge is 0.348 e. The minimum atomic E-state index is -0.949. The number of rotatable bonds is 18. The van der Waals surface area contributed by atoms with Gasteiger partial charge in [-0.3, -0.25) is 19.2 Å². The Kier molecular flexibility index (Phi) is 13.7. The van der Waals surface area contributed by atoms with E-state index in [1.54, 1.807) is 12.5 Å². The predicted octanol–water partition coefficient (Wildman–Crippen LogP) is 1.94. The van der Waals surface area contributed by atoms with Gasteiger partial charge in [0.25, 0.3) is 0 Å². The molecule has 0 aliphatic carbocycles. The molecule has 4 amide bonds. The number of carbonyl (C=O) groups excluding carboxylic acids is 5. The summed E-state index contributed by atoms with van der Waals surface area (Å²) < 4.78 is 1.99. The highest BCUT2D eigenvalue weighted by Crippen LogP contribution is 2.17. The van der Waals surface area contributed by atoms with Crippen molar-refractivity contribution in [2.45, 2.75) is 89.8 Å². The zero-order chi connectivity index (χ0) is 30.2. The van der Waals surface area contributed by atoms with E-state index in [1.165, 1.54) is 36.6 Å². The number of carbonyl (C=O) groups is 5. The van der Waals surface area contributed by atoms with Crippen molar-refractivity contribution in [3.63, 3.8) is 0 Å². The molecule has 11 heteroatoms. The molecule has 1 aromatic carbocycles. The number of amides is 4. The highest BCUT2D eigenvalue weighted by molar-refractivity contribution is 5.92. The molecule has 42 heavy (non-hydrogen) atoms. The van der Waals surface area contributed by atoms with Crippen LogP contribution in [0.5, 0.6) is 0 Å². The first kappa shape index (κ1) is 32.5. The summed E-state index contributed by atoms with van der Waals surface area (Å²) in [6.07, 6.45) is 13.3. The van der Waals surface area contributed by atoms with Gasteiger partial charge in [0.2, 0.25) is 23.6 Å². The molecule has 1 aliphatic heterocycles. The van der Waals surface area contributed by atoms with Crippen molar-refractivity contribution < 1.29 is 24.0 Å². The lowest BCUT2D eigenvalue weighted by molar-refractivity contribution is -0.137. The van der Waals surface area contributed by atoms with Crippen LogP contribution in [0.1, 0.15) is 69.5 Å². The number of hydrogen-bond acceptors (Lipinski definition) is 6. The standard InChI is InChI=1S/C31H44N6O5/c1-24(39)37-18-11-15-28(37)31(42)34-22-29(40)35-27(30(41)33-16-19-38)20-26-21-32-23-36(26)17-10-5-3-2-4-7-12-25-13-8-6-9-14-25/h6,8-9,13-14,19,21,23,27-28H,2-5,7,10-12,15-18,20,22H2,1H3,(H,33,41)(H,34,42)(H,35,40). The molecule has 2 heterocycles. The summed E-state index contributed by atoms with van der Waals surface area (Å²) in [5.41, 5.74) is 2.17. The van der Waals surface area contributed by atoms with E-state index in [0.29, 0.717) is 19.3 Å². The average molecular weight is 581 g/mol. The average Bonchev–Trinajstić information content (AvgIpc) is 3.66. The van der Waals surface area contributed by atoms with Gasteiger partial charge in [0, 0.05) is 38.3 Å². The van der Waals surface area contributed by atoms with Crippen LogP contribution < -0.4 is 16.0 Å². The summed E-state index contributed by atoms with van der Waals surface area (Å²) in [6, 6.07) is 9.00. The molecular weight excluding hydrogens is 536 g/mol. The van der Waals surface area contributed by atoms with Crippen LogP contribution in [0.25, 0.3) is 0 Å². The van der Waals surface area contributed by atoms with Crippen molar-refractivity contribution in [1.29, 1.82) is 0 Å². The first-order valence-electron chi connectivity index (χ1n) is 15.0. The normalized spacial score (nSPS) is 15.2. The second-order valence-electron chi connectivity index (χ2n) is 10.8. The minimum absolute atomic E-state index is 0.172. The lowest BCUT2D eigenvalue weighted by atomic mass is 10.0. The number of hydrogen-bond donors (Lipinski definition) is 3. The Morgan fingerprint density at radius 2 is 1.76 bits per heavy atom. The maximum atomic E-state index is 12.8. The van der Waals surface area contributed by atoms with Crippen molar-refractivity contribution in [1.82, 2.24) is 30.4 Å². The molecule has 0 spiro atoms. The highest BCUT2D eigenvalue weighted by atomic mass is 16.2. The van der Waals surface area contributed by atoms with E-state index in [0.717, 1.165) is 44.3 Å². The Labute approximate surface area is 247 Å². The molecule has 2 atom stereocenters. The summed E-state index contributed by atoms with van der Waals surface area (Å²) in [5, 5.41) is 7.75. The van der Waals surface area contributed by atoms with Crippen LogP contribution in [-0.2, 0) is 43.4 Å². The quantitative estimate of drug-likeness (QED) is 0.182. The van der Waals surface area contributed by atoms with Crippen LogP contribution in [0.2, 0.25) is 0 Å². The molecule has 0 saturated carbocycles. The number of imidazole rings is 1. The summed E-state index contributed by atoms with van der Waals surface area (Å²) in [6.45, 7) is 2.18. The molecule has 0 bridgehead atoms. The van der Waals surface area contributed by atoms with Crippen LogP contribution in [0.3, 0.4) is 0 Å².